The Kier molecular flexibility index (Phi) is 1.07. The third-order valence-corrected chi connectivity index (χ3v) is 1.92. The molecule has 0 radical (unpaired) electrons. The van der Waals surface area contributed by atoms with Crippen LogP contribution in [0.15, 0.2) is 15.2 Å². The molecule has 9 heavy (non-hydrogen) atoms. The van der Waals surface area contributed by atoms with E-state index in [4.69, 9.17) is 0 Å². The summed E-state index contributed by atoms with van der Waals surface area (Å²) in [5, 5.41) is 8.04. The zero-order chi connectivity index (χ0) is 6.10. The number of hydrogen-bond acceptors (Lipinski definition) is 3. The number of azo groups is 1. The van der Waals surface area contributed by atoms with E-state index in [0.717, 1.165) is 19.5 Å². The van der Waals surface area contributed by atoms with E-state index < -0.39 is 0 Å². The van der Waals surface area contributed by atoms with Gasteiger partial charge in [-0.1, -0.05) is 0 Å². The largest absolute Gasteiger partial charge is 0.295 e. The fourth-order valence-corrected chi connectivity index (χ4v) is 1.28. The molecule has 0 aromatic rings. The fraction of sp³-hybridized carbons (Fsp3) is 0.833. The summed E-state index contributed by atoms with van der Waals surface area (Å²) in [6.07, 6.45) is 3.08. The SMILES string of the molecule is C1=NCC2N=NCC2C1. The van der Waals surface area contributed by atoms with E-state index in [1.165, 1.54) is 0 Å². The van der Waals surface area contributed by atoms with E-state index in [0.29, 0.717) is 12.0 Å². The minimum absolute atomic E-state index is 0.426. The van der Waals surface area contributed by atoms with Gasteiger partial charge in [0.1, 0.15) is 0 Å². The summed E-state index contributed by atoms with van der Waals surface area (Å²) in [7, 11) is 0. The summed E-state index contributed by atoms with van der Waals surface area (Å²) < 4.78 is 0. The third kappa shape index (κ3) is 0.763. The number of rotatable bonds is 0. The Morgan fingerprint density at radius 1 is 1.33 bits per heavy atom. The number of fused-ring (bicyclic) bond motifs is 1. The van der Waals surface area contributed by atoms with Crippen LogP contribution < -0.4 is 0 Å². The topological polar surface area (TPSA) is 37.1 Å². The summed E-state index contributed by atoms with van der Waals surface area (Å²) in [5.41, 5.74) is 0. The van der Waals surface area contributed by atoms with Crippen LogP contribution in [-0.2, 0) is 0 Å². The minimum Gasteiger partial charge on any atom is -0.295 e. The van der Waals surface area contributed by atoms with Crippen LogP contribution in [0.5, 0.6) is 0 Å². The molecular weight excluding hydrogens is 114 g/mol. The van der Waals surface area contributed by atoms with Crippen molar-refractivity contribution in [3.05, 3.63) is 0 Å². The van der Waals surface area contributed by atoms with Crippen molar-refractivity contribution in [3.8, 4) is 0 Å². The zero-order valence-electron chi connectivity index (χ0n) is 5.20. The summed E-state index contributed by atoms with van der Waals surface area (Å²) in [6.45, 7) is 1.80. The second kappa shape index (κ2) is 1.90. The Bertz CT molecular complexity index is 162. The van der Waals surface area contributed by atoms with Gasteiger partial charge < -0.3 is 0 Å². The highest BCUT2D eigenvalue weighted by molar-refractivity contribution is 5.59. The molecular formula is C6H9N3. The molecule has 2 atom stereocenters. The van der Waals surface area contributed by atoms with Crippen molar-refractivity contribution in [1.29, 1.82) is 0 Å². The first-order valence-corrected chi connectivity index (χ1v) is 3.32. The van der Waals surface area contributed by atoms with Crippen molar-refractivity contribution < 1.29 is 0 Å². The molecule has 2 heterocycles. The quantitative estimate of drug-likeness (QED) is 0.459. The Balaban J connectivity index is 2.13. The second-order valence-corrected chi connectivity index (χ2v) is 2.55. The maximum atomic E-state index is 4.14. The summed E-state index contributed by atoms with van der Waals surface area (Å²) in [6, 6.07) is 0.426. The van der Waals surface area contributed by atoms with Crippen molar-refractivity contribution >= 4 is 6.21 Å². The average molecular weight is 123 g/mol. The van der Waals surface area contributed by atoms with Gasteiger partial charge in [-0.25, -0.2) is 0 Å². The van der Waals surface area contributed by atoms with Gasteiger partial charge in [0, 0.05) is 5.92 Å². The van der Waals surface area contributed by atoms with Crippen LogP contribution in [0.1, 0.15) is 6.42 Å². The van der Waals surface area contributed by atoms with E-state index >= 15 is 0 Å². The van der Waals surface area contributed by atoms with Crippen molar-refractivity contribution in [2.24, 2.45) is 21.1 Å². The Morgan fingerprint density at radius 3 is 3.22 bits per heavy atom. The third-order valence-electron chi connectivity index (χ3n) is 1.92. The molecule has 2 aliphatic rings. The van der Waals surface area contributed by atoms with Crippen molar-refractivity contribution in [2.75, 3.05) is 13.1 Å². The molecule has 0 amide bonds. The van der Waals surface area contributed by atoms with Crippen LogP contribution in [0.3, 0.4) is 0 Å². The van der Waals surface area contributed by atoms with Crippen LogP contribution >= 0.6 is 0 Å². The molecule has 2 rings (SSSR count). The van der Waals surface area contributed by atoms with E-state index in [2.05, 4.69) is 15.2 Å². The molecule has 2 aliphatic heterocycles. The Hall–Kier alpha value is -0.730. The molecule has 0 N–H and O–H groups in total. The van der Waals surface area contributed by atoms with Crippen LogP contribution in [0.25, 0.3) is 0 Å². The van der Waals surface area contributed by atoms with Gasteiger partial charge in [0.25, 0.3) is 0 Å². The number of nitrogens with zero attached hydrogens (tertiary/aromatic N) is 3. The predicted octanol–water partition coefficient (Wildman–Crippen LogP) is 0.911. The molecule has 0 bridgehead atoms. The molecule has 2 unspecified atom stereocenters. The first-order chi connectivity index (χ1) is 4.47. The molecule has 0 saturated carbocycles. The van der Waals surface area contributed by atoms with Gasteiger partial charge in [-0.3, -0.25) is 4.99 Å². The maximum Gasteiger partial charge on any atom is 0.0952 e. The first-order valence-electron chi connectivity index (χ1n) is 3.32. The van der Waals surface area contributed by atoms with Gasteiger partial charge in [-0.2, -0.15) is 10.2 Å². The van der Waals surface area contributed by atoms with Crippen LogP contribution in [0.2, 0.25) is 0 Å². The van der Waals surface area contributed by atoms with Crippen molar-refractivity contribution in [1.82, 2.24) is 0 Å². The van der Waals surface area contributed by atoms with Gasteiger partial charge in [0.05, 0.1) is 19.1 Å². The fourth-order valence-electron chi connectivity index (χ4n) is 1.28. The molecule has 3 nitrogen and oxygen atoms in total. The number of aliphatic imine (C=N–C) groups is 1. The molecule has 0 aromatic heterocycles. The molecule has 0 aromatic carbocycles. The predicted molar refractivity (Wildman–Crippen MR) is 35.0 cm³/mol. The highest BCUT2D eigenvalue weighted by Gasteiger charge is 2.26. The maximum absolute atomic E-state index is 4.14. The molecule has 3 heteroatoms. The summed E-state index contributed by atoms with van der Waals surface area (Å²) >= 11 is 0. The highest BCUT2D eigenvalue weighted by atomic mass is 15.2. The lowest BCUT2D eigenvalue weighted by Crippen LogP contribution is -2.23. The standard InChI is InChI=1S/C6H9N3/c1-2-7-4-6-5(1)3-8-9-6/h2,5-6H,1,3-4H2. The summed E-state index contributed by atoms with van der Waals surface area (Å²) in [4.78, 5) is 4.14. The highest BCUT2D eigenvalue weighted by Crippen LogP contribution is 2.21. The van der Waals surface area contributed by atoms with E-state index in [1.807, 2.05) is 6.21 Å². The monoisotopic (exact) mass is 123 g/mol. The van der Waals surface area contributed by atoms with Gasteiger partial charge >= 0.3 is 0 Å². The number of hydrogen-bond donors (Lipinski definition) is 0. The van der Waals surface area contributed by atoms with Crippen molar-refractivity contribution in [2.45, 2.75) is 12.5 Å². The molecule has 48 valence electrons. The van der Waals surface area contributed by atoms with Gasteiger partial charge in [0.15, 0.2) is 0 Å². The average Bonchev–Trinajstić information content (AvgIpc) is 2.33. The van der Waals surface area contributed by atoms with E-state index in [1.54, 1.807) is 0 Å². The van der Waals surface area contributed by atoms with Crippen LogP contribution in [0, 0.1) is 5.92 Å². The van der Waals surface area contributed by atoms with E-state index in [9.17, 15) is 0 Å². The summed E-state index contributed by atoms with van der Waals surface area (Å²) in [5.74, 6) is 0.683. The molecule has 0 aliphatic carbocycles. The normalized spacial score (nSPS) is 39.1. The van der Waals surface area contributed by atoms with Gasteiger partial charge in [-0.15, -0.1) is 0 Å². The minimum atomic E-state index is 0.426. The second-order valence-electron chi connectivity index (χ2n) is 2.55. The first kappa shape index (κ1) is 5.09. The van der Waals surface area contributed by atoms with Crippen LogP contribution in [0.4, 0.5) is 0 Å². The lowest BCUT2D eigenvalue weighted by atomic mass is 9.97. The van der Waals surface area contributed by atoms with Crippen molar-refractivity contribution in [3.63, 3.8) is 0 Å². The van der Waals surface area contributed by atoms with Gasteiger partial charge in [-0.05, 0) is 12.6 Å². The lowest BCUT2D eigenvalue weighted by molar-refractivity contribution is 0.491. The molecule has 0 spiro atoms. The molecule has 0 fully saturated rings. The van der Waals surface area contributed by atoms with Gasteiger partial charge in [0.2, 0.25) is 0 Å². The molecule has 0 saturated heterocycles. The lowest BCUT2D eigenvalue weighted by Gasteiger charge is -2.15. The smallest absolute Gasteiger partial charge is 0.0952 e. The zero-order valence-corrected chi connectivity index (χ0v) is 5.20. The Morgan fingerprint density at radius 2 is 2.33 bits per heavy atom. The Labute approximate surface area is 53.9 Å². The van der Waals surface area contributed by atoms with E-state index in [-0.39, 0.29) is 0 Å². The van der Waals surface area contributed by atoms with Crippen LogP contribution in [-0.4, -0.2) is 25.3 Å².